The van der Waals surface area contributed by atoms with Crippen LogP contribution < -0.4 is 16.0 Å². The Labute approximate surface area is 119 Å². The summed E-state index contributed by atoms with van der Waals surface area (Å²) in [4.78, 5) is 0. The van der Waals surface area contributed by atoms with Crippen molar-refractivity contribution in [1.29, 1.82) is 0 Å². The van der Waals surface area contributed by atoms with E-state index in [1.54, 1.807) is 18.2 Å². The standard InChI is InChI=1S/C16H19FN2O/c1-12-10-14(19-18)7-5-9-16(12,2)20-15-8-4-3-6-13(15)11-17/h3-4,6,8,10,14,19H,9,11,18H2,1-2H3/t14?,16-/m1/s1. The molecule has 0 heterocycles. The summed E-state index contributed by atoms with van der Waals surface area (Å²) >= 11 is 0. The molecule has 0 spiro atoms. The summed E-state index contributed by atoms with van der Waals surface area (Å²) in [5, 5.41) is 0. The summed E-state index contributed by atoms with van der Waals surface area (Å²) in [6.45, 7) is 3.38. The first-order valence-electron chi connectivity index (χ1n) is 6.55. The molecule has 0 amide bonds. The van der Waals surface area contributed by atoms with Gasteiger partial charge < -0.3 is 4.74 Å². The van der Waals surface area contributed by atoms with Gasteiger partial charge in [0.1, 0.15) is 24.1 Å². The molecule has 3 nitrogen and oxygen atoms in total. The van der Waals surface area contributed by atoms with Gasteiger partial charge in [0.05, 0.1) is 6.42 Å². The van der Waals surface area contributed by atoms with Crippen LogP contribution in [0.1, 0.15) is 25.8 Å². The van der Waals surface area contributed by atoms with Crippen LogP contribution in [-0.2, 0) is 6.67 Å². The third kappa shape index (κ3) is 3.01. The lowest BCUT2D eigenvalue weighted by Crippen LogP contribution is -2.35. The van der Waals surface area contributed by atoms with Crippen LogP contribution in [0.15, 0.2) is 35.9 Å². The Morgan fingerprint density at radius 1 is 1.50 bits per heavy atom. The molecule has 1 unspecified atom stereocenters. The lowest BCUT2D eigenvalue weighted by atomic mass is 9.93. The molecule has 0 aliphatic heterocycles. The second-order valence-electron chi connectivity index (χ2n) is 5.07. The van der Waals surface area contributed by atoms with Gasteiger partial charge in [0.25, 0.3) is 0 Å². The van der Waals surface area contributed by atoms with Gasteiger partial charge in [-0.2, -0.15) is 0 Å². The first-order valence-corrected chi connectivity index (χ1v) is 6.55. The van der Waals surface area contributed by atoms with Crippen LogP contribution in [0.4, 0.5) is 4.39 Å². The van der Waals surface area contributed by atoms with Crippen molar-refractivity contribution in [2.24, 2.45) is 5.84 Å². The van der Waals surface area contributed by atoms with E-state index in [1.165, 1.54) is 0 Å². The van der Waals surface area contributed by atoms with Crippen LogP contribution in [0.3, 0.4) is 0 Å². The van der Waals surface area contributed by atoms with Crippen molar-refractivity contribution < 1.29 is 9.13 Å². The highest BCUT2D eigenvalue weighted by molar-refractivity contribution is 5.37. The quantitative estimate of drug-likeness (QED) is 0.384. The van der Waals surface area contributed by atoms with Crippen molar-refractivity contribution in [1.82, 2.24) is 5.43 Å². The molecule has 20 heavy (non-hydrogen) atoms. The Morgan fingerprint density at radius 2 is 2.25 bits per heavy atom. The minimum atomic E-state index is -0.579. The predicted octanol–water partition coefficient (Wildman–Crippen LogP) is 2.48. The van der Waals surface area contributed by atoms with Gasteiger partial charge in [-0.3, -0.25) is 5.84 Å². The SMILES string of the molecule is CC1=CC(NN)C#CC[C@@]1(C)Oc1ccccc1CF. The monoisotopic (exact) mass is 274 g/mol. The fraction of sp³-hybridized carbons (Fsp3) is 0.375. The highest BCUT2D eigenvalue weighted by atomic mass is 19.1. The zero-order valence-electron chi connectivity index (χ0n) is 11.7. The fourth-order valence-corrected chi connectivity index (χ4v) is 2.10. The molecule has 0 bridgehead atoms. The van der Waals surface area contributed by atoms with Gasteiger partial charge in [-0.25, -0.2) is 9.82 Å². The topological polar surface area (TPSA) is 47.3 Å². The molecule has 2 rings (SSSR count). The number of halogens is 1. The molecule has 1 aromatic carbocycles. The van der Waals surface area contributed by atoms with E-state index < -0.39 is 12.3 Å². The second kappa shape index (κ2) is 6.08. The van der Waals surface area contributed by atoms with E-state index in [0.29, 0.717) is 17.7 Å². The number of rotatable bonds is 4. The average Bonchev–Trinajstić information content (AvgIpc) is 2.59. The summed E-state index contributed by atoms with van der Waals surface area (Å²) in [6.07, 6.45) is 2.48. The van der Waals surface area contributed by atoms with Gasteiger partial charge in [0.2, 0.25) is 0 Å². The van der Waals surface area contributed by atoms with Crippen molar-refractivity contribution in [3.63, 3.8) is 0 Å². The number of nitrogens with one attached hydrogen (secondary N) is 1. The fourth-order valence-electron chi connectivity index (χ4n) is 2.10. The van der Waals surface area contributed by atoms with Crippen LogP contribution in [0.2, 0.25) is 0 Å². The Bertz CT molecular complexity index is 573. The molecule has 0 saturated carbocycles. The number of benzene rings is 1. The summed E-state index contributed by atoms with van der Waals surface area (Å²) in [6, 6.07) is 6.96. The number of hydrogen-bond acceptors (Lipinski definition) is 3. The van der Waals surface area contributed by atoms with Crippen molar-refractivity contribution in [3.8, 4) is 17.6 Å². The lowest BCUT2D eigenvalue weighted by molar-refractivity contribution is 0.131. The zero-order chi connectivity index (χ0) is 14.6. The summed E-state index contributed by atoms with van der Waals surface area (Å²) in [7, 11) is 0. The maximum atomic E-state index is 13.0. The smallest absolute Gasteiger partial charge is 0.138 e. The summed E-state index contributed by atoms with van der Waals surface area (Å²) in [5.41, 5.74) is 3.61. The Balaban J connectivity index is 2.30. The van der Waals surface area contributed by atoms with E-state index >= 15 is 0 Å². The van der Waals surface area contributed by atoms with E-state index in [2.05, 4.69) is 17.3 Å². The van der Waals surface area contributed by atoms with Crippen LogP contribution in [0.5, 0.6) is 5.75 Å². The van der Waals surface area contributed by atoms with Crippen molar-refractivity contribution in [2.45, 2.75) is 38.6 Å². The number of para-hydroxylation sites is 1. The number of nitrogens with two attached hydrogens (primary N) is 1. The molecule has 0 aromatic heterocycles. The molecule has 3 N–H and O–H groups in total. The van der Waals surface area contributed by atoms with Crippen molar-refractivity contribution >= 4 is 0 Å². The van der Waals surface area contributed by atoms with Crippen molar-refractivity contribution in [3.05, 3.63) is 41.5 Å². The van der Waals surface area contributed by atoms with E-state index in [4.69, 9.17) is 10.6 Å². The Morgan fingerprint density at radius 3 is 2.95 bits per heavy atom. The van der Waals surface area contributed by atoms with Crippen LogP contribution in [0.25, 0.3) is 0 Å². The zero-order valence-corrected chi connectivity index (χ0v) is 11.7. The molecule has 106 valence electrons. The maximum absolute atomic E-state index is 13.0. The third-order valence-electron chi connectivity index (χ3n) is 3.57. The number of hydrogen-bond donors (Lipinski definition) is 2. The van der Waals surface area contributed by atoms with Gasteiger partial charge in [-0.1, -0.05) is 36.1 Å². The average molecular weight is 274 g/mol. The van der Waals surface area contributed by atoms with Crippen LogP contribution in [-0.4, -0.2) is 11.6 Å². The molecular weight excluding hydrogens is 255 g/mol. The van der Waals surface area contributed by atoms with Crippen LogP contribution in [0, 0.1) is 11.8 Å². The molecule has 2 atom stereocenters. The van der Waals surface area contributed by atoms with E-state index in [1.807, 2.05) is 26.0 Å². The third-order valence-corrected chi connectivity index (χ3v) is 3.57. The number of hydrazine groups is 1. The lowest BCUT2D eigenvalue weighted by Gasteiger charge is -2.30. The molecule has 4 heteroatoms. The van der Waals surface area contributed by atoms with E-state index in [-0.39, 0.29) is 6.04 Å². The molecular formula is C16H19FN2O. The molecule has 1 aliphatic rings. The van der Waals surface area contributed by atoms with Crippen LogP contribution >= 0.6 is 0 Å². The number of ether oxygens (including phenoxy) is 1. The first kappa shape index (κ1) is 14.6. The Hall–Kier alpha value is -1.83. The van der Waals surface area contributed by atoms with Gasteiger partial charge >= 0.3 is 0 Å². The minimum Gasteiger partial charge on any atom is -0.482 e. The molecule has 0 radical (unpaired) electrons. The minimum absolute atomic E-state index is 0.183. The highest BCUT2D eigenvalue weighted by Crippen LogP contribution is 2.31. The van der Waals surface area contributed by atoms with E-state index in [9.17, 15) is 4.39 Å². The first-order chi connectivity index (χ1) is 9.59. The molecule has 0 saturated heterocycles. The van der Waals surface area contributed by atoms with E-state index in [0.717, 1.165) is 5.57 Å². The van der Waals surface area contributed by atoms with Gasteiger partial charge in [-0.15, -0.1) is 0 Å². The molecule has 1 aliphatic carbocycles. The normalized spacial score (nSPS) is 25.2. The largest absolute Gasteiger partial charge is 0.482 e. The van der Waals surface area contributed by atoms with Gasteiger partial charge in [0, 0.05) is 5.56 Å². The number of alkyl halides is 1. The second-order valence-corrected chi connectivity index (χ2v) is 5.07. The summed E-state index contributed by atoms with van der Waals surface area (Å²) < 4.78 is 19.1. The van der Waals surface area contributed by atoms with Crippen molar-refractivity contribution in [2.75, 3.05) is 0 Å². The maximum Gasteiger partial charge on any atom is 0.138 e. The Kier molecular flexibility index (Phi) is 4.43. The highest BCUT2D eigenvalue weighted by Gasteiger charge is 2.30. The predicted molar refractivity (Wildman–Crippen MR) is 77.5 cm³/mol. The summed E-state index contributed by atoms with van der Waals surface area (Å²) in [5.74, 6) is 12.1. The molecule has 1 aromatic rings. The molecule has 0 fully saturated rings. The van der Waals surface area contributed by atoms with Gasteiger partial charge in [0.15, 0.2) is 0 Å². The van der Waals surface area contributed by atoms with Gasteiger partial charge in [-0.05, 0) is 25.5 Å².